The Hall–Kier alpha value is -1.69. The third-order valence-corrected chi connectivity index (χ3v) is 4.45. The highest BCUT2D eigenvalue weighted by Crippen LogP contribution is 2.28. The Morgan fingerprint density at radius 3 is 2.50 bits per heavy atom. The van der Waals surface area contributed by atoms with Crippen LogP contribution in [0.15, 0.2) is 53.4 Å². The number of halogens is 1. The van der Waals surface area contributed by atoms with Crippen LogP contribution in [0.25, 0.3) is 0 Å². The average molecular weight is 367 g/mol. The molecule has 1 atom stereocenters. The van der Waals surface area contributed by atoms with E-state index in [0.717, 1.165) is 21.8 Å². The molecule has 4 nitrogen and oxygen atoms in total. The minimum absolute atomic E-state index is 0. The molecule has 0 radical (unpaired) electrons. The van der Waals surface area contributed by atoms with Gasteiger partial charge in [-0.25, -0.2) is 0 Å². The number of ether oxygens (including phenoxy) is 1. The molecule has 1 unspecified atom stereocenters. The number of carbonyl (C=O) groups is 1. The maximum atomic E-state index is 12.5. The summed E-state index contributed by atoms with van der Waals surface area (Å²) in [6.45, 7) is 0.490. The van der Waals surface area contributed by atoms with Crippen molar-refractivity contribution in [3.8, 4) is 5.75 Å². The monoisotopic (exact) mass is 366 g/mol. The molecule has 0 spiro atoms. The Morgan fingerprint density at radius 1 is 1.25 bits per heavy atom. The Labute approximate surface area is 153 Å². The van der Waals surface area contributed by atoms with Gasteiger partial charge in [-0.1, -0.05) is 36.4 Å². The molecule has 1 amide bonds. The molecule has 0 aliphatic rings. The van der Waals surface area contributed by atoms with Gasteiger partial charge in [0, 0.05) is 18.5 Å². The topological polar surface area (TPSA) is 55.6 Å². The third kappa shape index (κ3) is 4.90. The number of hydrogen-bond acceptors (Lipinski definition) is 4. The predicted molar refractivity (Wildman–Crippen MR) is 102 cm³/mol. The highest BCUT2D eigenvalue weighted by atomic mass is 35.5. The van der Waals surface area contributed by atoms with E-state index in [1.54, 1.807) is 30.8 Å². The highest BCUT2D eigenvalue weighted by Gasteiger charge is 2.20. The molecule has 2 rings (SSSR count). The van der Waals surface area contributed by atoms with Crippen LogP contribution in [0.5, 0.6) is 5.75 Å². The van der Waals surface area contributed by atoms with Crippen LogP contribution >= 0.6 is 24.2 Å². The number of thioether (sulfide) groups is 1. The van der Waals surface area contributed by atoms with Crippen LogP contribution in [-0.2, 0) is 11.3 Å². The van der Waals surface area contributed by atoms with Crippen molar-refractivity contribution in [2.45, 2.75) is 17.5 Å². The summed E-state index contributed by atoms with van der Waals surface area (Å²) in [6.07, 6.45) is 2.01. The zero-order valence-corrected chi connectivity index (χ0v) is 15.7. The SMILES string of the molecule is COc1cc(CN(C)C(=O)C(N)c2ccccc2)ccc1SC.Cl. The van der Waals surface area contributed by atoms with Crippen molar-refractivity contribution in [3.63, 3.8) is 0 Å². The van der Waals surface area contributed by atoms with Crippen LogP contribution in [0, 0.1) is 0 Å². The van der Waals surface area contributed by atoms with Gasteiger partial charge in [0.15, 0.2) is 0 Å². The molecule has 6 heteroatoms. The lowest BCUT2D eigenvalue weighted by atomic mass is 10.1. The zero-order valence-electron chi connectivity index (χ0n) is 14.1. The second-order valence-electron chi connectivity index (χ2n) is 5.27. The zero-order chi connectivity index (χ0) is 16.8. The fraction of sp³-hybridized carbons (Fsp3) is 0.278. The summed E-state index contributed by atoms with van der Waals surface area (Å²) in [5.74, 6) is 0.715. The lowest BCUT2D eigenvalue weighted by Gasteiger charge is -2.22. The molecule has 2 aromatic carbocycles. The second-order valence-corrected chi connectivity index (χ2v) is 6.12. The van der Waals surface area contributed by atoms with Crippen LogP contribution in [0.2, 0.25) is 0 Å². The molecule has 0 aliphatic carbocycles. The summed E-state index contributed by atoms with van der Waals surface area (Å²) in [5, 5.41) is 0. The van der Waals surface area contributed by atoms with Gasteiger partial charge in [0.05, 0.1) is 7.11 Å². The molecule has 0 bridgehead atoms. The summed E-state index contributed by atoms with van der Waals surface area (Å²) in [4.78, 5) is 15.2. The number of likely N-dealkylation sites (N-methyl/N-ethyl adjacent to an activating group) is 1. The summed E-state index contributed by atoms with van der Waals surface area (Å²) >= 11 is 1.63. The van der Waals surface area contributed by atoms with Gasteiger partial charge in [0.1, 0.15) is 11.8 Å². The van der Waals surface area contributed by atoms with Gasteiger partial charge < -0.3 is 15.4 Å². The summed E-state index contributed by atoms with van der Waals surface area (Å²) in [6, 6.07) is 14.7. The van der Waals surface area contributed by atoms with Gasteiger partial charge in [-0.2, -0.15) is 0 Å². The molecule has 0 saturated carbocycles. The number of amides is 1. The normalized spacial score (nSPS) is 11.3. The molecular weight excluding hydrogens is 344 g/mol. The minimum Gasteiger partial charge on any atom is -0.496 e. The van der Waals surface area contributed by atoms with E-state index in [4.69, 9.17) is 10.5 Å². The van der Waals surface area contributed by atoms with E-state index < -0.39 is 6.04 Å². The number of rotatable bonds is 6. The average Bonchev–Trinajstić information content (AvgIpc) is 2.60. The lowest BCUT2D eigenvalue weighted by molar-refractivity contribution is -0.131. The minimum atomic E-state index is -0.645. The fourth-order valence-electron chi connectivity index (χ4n) is 2.37. The quantitative estimate of drug-likeness (QED) is 0.795. The van der Waals surface area contributed by atoms with Crippen LogP contribution in [0.4, 0.5) is 0 Å². The van der Waals surface area contributed by atoms with Crippen molar-refractivity contribution < 1.29 is 9.53 Å². The molecule has 130 valence electrons. The number of carbonyl (C=O) groups excluding carboxylic acids is 1. The maximum absolute atomic E-state index is 12.5. The van der Waals surface area contributed by atoms with Crippen LogP contribution in [0.1, 0.15) is 17.2 Å². The number of hydrogen-bond donors (Lipinski definition) is 1. The van der Waals surface area contributed by atoms with Crippen molar-refractivity contribution in [3.05, 3.63) is 59.7 Å². The standard InChI is InChI=1S/C18H22N2O2S.ClH/c1-20(18(21)17(19)14-7-5-4-6-8-14)12-13-9-10-16(23-3)15(11-13)22-2;/h4-11,17H,12,19H2,1-3H3;1H. The largest absolute Gasteiger partial charge is 0.496 e. The van der Waals surface area contributed by atoms with Crippen LogP contribution in [0.3, 0.4) is 0 Å². The van der Waals surface area contributed by atoms with Crippen LogP contribution < -0.4 is 10.5 Å². The van der Waals surface area contributed by atoms with Gasteiger partial charge in [0.25, 0.3) is 0 Å². The van der Waals surface area contributed by atoms with Crippen molar-refractivity contribution in [1.82, 2.24) is 4.90 Å². The van der Waals surface area contributed by atoms with E-state index in [1.165, 1.54) is 0 Å². The number of nitrogens with zero attached hydrogens (tertiary/aromatic N) is 1. The molecule has 0 fully saturated rings. The van der Waals surface area contributed by atoms with Crippen LogP contribution in [-0.4, -0.2) is 31.2 Å². The van der Waals surface area contributed by atoms with Crippen molar-refractivity contribution in [1.29, 1.82) is 0 Å². The number of methoxy groups -OCH3 is 1. The Bertz CT molecular complexity index is 667. The molecule has 2 N–H and O–H groups in total. The third-order valence-electron chi connectivity index (χ3n) is 3.67. The van der Waals surface area contributed by atoms with Gasteiger partial charge in [-0.05, 0) is 29.5 Å². The first-order chi connectivity index (χ1) is 11.1. The van der Waals surface area contributed by atoms with E-state index in [9.17, 15) is 4.79 Å². The maximum Gasteiger partial charge on any atom is 0.244 e. The Morgan fingerprint density at radius 2 is 1.92 bits per heavy atom. The van der Waals surface area contributed by atoms with E-state index in [0.29, 0.717) is 6.54 Å². The van der Waals surface area contributed by atoms with Gasteiger partial charge in [0.2, 0.25) is 5.91 Å². The fourth-order valence-corrected chi connectivity index (χ4v) is 2.92. The molecule has 0 saturated heterocycles. The van der Waals surface area contributed by atoms with E-state index in [2.05, 4.69) is 0 Å². The highest BCUT2D eigenvalue weighted by molar-refractivity contribution is 7.98. The molecule has 0 aliphatic heterocycles. The number of benzene rings is 2. The number of nitrogens with two attached hydrogens (primary N) is 1. The first-order valence-electron chi connectivity index (χ1n) is 7.33. The molecule has 24 heavy (non-hydrogen) atoms. The van der Waals surface area contributed by atoms with Crippen molar-refractivity contribution in [2.24, 2.45) is 5.73 Å². The van der Waals surface area contributed by atoms with Crippen molar-refractivity contribution in [2.75, 3.05) is 20.4 Å². The molecular formula is C18H23ClN2O2S. The first-order valence-corrected chi connectivity index (χ1v) is 8.55. The predicted octanol–water partition coefficient (Wildman–Crippen LogP) is 3.50. The Kier molecular flexibility index (Phi) is 8.11. The van der Waals surface area contributed by atoms with E-state index in [-0.39, 0.29) is 18.3 Å². The second kappa shape index (κ2) is 9.57. The first kappa shape index (κ1) is 20.4. The Balaban J connectivity index is 0.00000288. The van der Waals surface area contributed by atoms with Gasteiger partial charge in [-0.3, -0.25) is 4.79 Å². The summed E-state index contributed by atoms with van der Waals surface area (Å²) in [5.41, 5.74) is 7.90. The van der Waals surface area contributed by atoms with E-state index in [1.807, 2.05) is 54.8 Å². The summed E-state index contributed by atoms with van der Waals surface area (Å²) in [7, 11) is 3.42. The molecule has 0 heterocycles. The van der Waals surface area contributed by atoms with Gasteiger partial charge in [-0.15, -0.1) is 24.2 Å². The smallest absolute Gasteiger partial charge is 0.244 e. The summed E-state index contributed by atoms with van der Waals surface area (Å²) < 4.78 is 5.39. The molecule has 0 aromatic heterocycles. The van der Waals surface area contributed by atoms with Crippen molar-refractivity contribution >= 4 is 30.1 Å². The molecule has 2 aromatic rings. The lowest BCUT2D eigenvalue weighted by Crippen LogP contribution is -2.35. The van der Waals surface area contributed by atoms with E-state index >= 15 is 0 Å². The van der Waals surface area contributed by atoms with Gasteiger partial charge >= 0.3 is 0 Å².